The van der Waals surface area contributed by atoms with Crippen LogP contribution in [0.1, 0.15) is 104 Å². The molecule has 0 amide bonds. The van der Waals surface area contributed by atoms with E-state index in [1.165, 1.54) is 65.2 Å². The summed E-state index contributed by atoms with van der Waals surface area (Å²) in [6.45, 7) is 12.0. The zero-order valence-corrected chi connectivity index (χ0v) is 19.2. The molecule has 0 aromatic rings. The first-order valence-corrected chi connectivity index (χ1v) is 11.3. The Kier molecular flexibility index (Phi) is 15.2. The van der Waals surface area contributed by atoms with Crippen LogP contribution in [0.3, 0.4) is 0 Å². The Balaban J connectivity index is 4.27. The minimum Gasteiger partial charge on any atom is -0.449 e. The number of unbranched alkanes of at least 4 members (excludes halogenated alkanes) is 11. The molecular formula is C24H42O6. The molecule has 30 heavy (non-hydrogen) atoms. The second kappa shape index (κ2) is 16.1. The van der Waals surface area contributed by atoms with Gasteiger partial charge in [-0.25, -0.2) is 9.59 Å². The van der Waals surface area contributed by atoms with E-state index in [2.05, 4.69) is 24.8 Å². The monoisotopic (exact) mass is 426 g/mol. The highest BCUT2D eigenvalue weighted by molar-refractivity contribution is 5.88. The second-order valence-corrected chi connectivity index (χ2v) is 8.18. The Bertz CT molecular complexity index is 538. The van der Waals surface area contributed by atoms with Crippen molar-refractivity contribution in [2.75, 3.05) is 0 Å². The summed E-state index contributed by atoms with van der Waals surface area (Å²) in [5.74, 6) is -4.65. The van der Waals surface area contributed by atoms with Crippen molar-refractivity contribution in [3.05, 3.63) is 24.3 Å². The van der Waals surface area contributed by atoms with E-state index in [0.717, 1.165) is 19.3 Å². The molecule has 0 rings (SSSR count). The number of hydrogen-bond acceptors (Lipinski definition) is 6. The third-order valence-electron chi connectivity index (χ3n) is 4.93. The molecule has 0 aliphatic heterocycles. The van der Waals surface area contributed by atoms with Crippen LogP contribution < -0.4 is 0 Å². The zero-order valence-electron chi connectivity index (χ0n) is 19.2. The van der Waals surface area contributed by atoms with Gasteiger partial charge in [-0.1, -0.05) is 90.7 Å². The number of hydrogen-bond donors (Lipinski definition) is 2. The first kappa shape index (κ1) is 28.3. The SMILES string of the molecule is C=C(C)C(=O)OC(CCCCCCCCCCCCCC)C(O)(O)OC(=O)C(=C)C. The number of ether oxygens (including phenoxy) is 2. The summed E-state index contributed by atoms with van der Waals surface area (Å²) in [5, 5.41) is 20.3. The lowest BCUT2D eigenvalue weighted by atomic mass is 10.0. The number of rotatable bonds is 18. The molecule has 0 saturated heterocycles. The van der Waals surface area contributed by atoms with E-state index in [1.54, 1.807) is 0 Å². The molecule has 0 heterocycles. The van der Waals surface area contributed by atoms with E-state index < -0.39 is 24.0 Å². The van der Waals surface area contributed by atoms with Crippen molar-refractivity contribution in [3.63, 3.8) is 0 Å². The van der Waals surface area contributed by atoms with Crippen LogP contribution in [-0.2, 0) is 19.1 Å². The second-order valence-electron chi connectivity index (χ2n) is 8.18. The maximum absolute atomic E-state index is 11.8. The maximum atomic E-state index is 11.8. The average Bonchev–Trinajstić information content (AvgIpc) is 2.67. The lowest BCUT2D eigenvalue weighted by molar-refractivity contribution is -0.358. The van der Waals surface area contributed by atoms with Crippen LogP contribution in [0.25, 0.3) is 0 Å². The third kappa shape index (κ3) is 13.5. The van der Waals surface area contributed by atoms with Gasteiger partial charge in [0.1, 0.15) is 0 Å². The summed E-state index contributed by atoms with van der Waals surface area (Å²) in [6.07, 6.45) is 12.7. The van der Waals surface area contributed by atoms with Gasteiger partial charge in [-0.15, -0.1) is 0 Å². The molecule has 0 bridgehead atoms. The quantitative estimate of drug-likeness (QED) is 0.133. The zero-order chi connectivity index (χ0) is 23.0. The van der Waals surface area contributed by atoms with Crippen LogP contribution in [0.2, 0.25) is 0 Å². The molecule has 0 fully saturated rings. The minimum absolute atomic E-state index is 0.0119. The van der Waals surface area contributed by atoms with Gasteiger partial charge in [0, 0.05) is 11.1 Å². The molecule has 6 heteroatoms. The molecule has 1 unspecified atom stereocenters. The first-order valence-electron chi connectivity index (χ1n) is 11.3. The van der Waals surface area contributed by atoms with Gasteiger partial charge in [0.25, 0.3) is 0 Å². The minimum atomic E-state index is -2.92. The Hall–Kier alpha value is -1.66. The lowest BCUT2D eigenvalue weighted by Crippen LogP contribution is -2.48. The highest BCUT2D eigenvalue weighted by Gasteiger charge is 2.42. The largest absolute Gasteiger partial charge is 0.449 e. The highest BCUT2D eigenvalue weighted by atomic mass is 16.8. The molecular weight excluding hydrogens is 384 g/mol. The van der Waals surface area contributed by atoms with Gasteiger partial charge in [-0.05, 0) is 26.7 Å². The van der Waals surface area contributed by atoms with Gasteiger partial charge in [0.2, 0.25) is 0 Å². The Morgan fingerprint density at radius 3 is 1.57 bits per heavy atom. The molecule has 0 radical (unpaired) electrons. The first-order chi connectivity index (χ1) is 14.1. The van der Waals surface area contributed by atoms with E-state index in [9.17, 15) is 19.8 Å². The van der Waals surface area contributed by atoms with Crippen molar-refractivity contribution in [1.82, 2.24) is 0 Å². The summed E-state index contributed by atoms with van der Waals surface area (Å²) in [7, 11) is 0. The summed E-state index contributed by atoms with van der Waals surface area (Å²) in [4.78, 5) is 23.5. The van der Waals surface area contributed by atoms with E-state index >= 15 is 0 Å². The van der Waals surface area contributed by atoms with Gasteiger partial charge in [-0.2, -0.15) is 0 Å². The predicted octanol–water partition coefficient (Wildman–Crippen LogP) is 5.32. The van der Waals surface area contributed by atoms with E-state index in [1.807, 2.05) is 0 Å². The van der Waals surface area contributed by atoms with Gasteiger partial charge >= 0.3 is 17.9 Å². The molecule has 6 nitrogen and oxygen atoms in total. The molecule has 1 atom stereocenters. The number of esters is 2. The number of aliphatic hydroxyl groups is 2. The highest BCUT2D eigenvalue weighted by Crippen LogP contribution is 2.22. The van der Waals surface area contributed by atoms with Crippen LogP contribution in [0.4, 0.5) is 0 Å². The third-order valence-corrected chi connectivity index (χ3v) is 4.93. The van der Waals surface area contributed by atoms with Gasteiger partial charge < -0.3 is 19.7 Å². The van der Waals surface area contributed by atoms with Crippen molar-refractivity contribution in [2.45, 2.75) is 116 Å². The van der Waals surface area contributed by atoms with Crippen LogP contribution in [0.15, 0.2) is 24.3 Å². The van der Waals surface area contributed by atoms with Crippen LogP contribution in [-0.4, -0.2) is 34.2 Å². The number of carbonyl (C=O) groups excluding carboxylic acids is 2. The fraction of sp³-hybridized carbons (Fsp3) is 0.750. The van der Waals surface area contributed by atoms with Crippen molar-refractivity contribution in [2.24, 2.45) is 0 Å². The molecule has 0 spiro atoms. The molecule has 174 valence electrons. The molecule has 0 aromatic carbocycles. The van der Waals surface area contributed by atoms with E-state index in [0.29, 0.717) is 6.42 Å². The van der Waals surface area contributed by atoms with Crippen molar-refractivity contribution in [3.8, 4) is 0 Å². The Labute approximate surface area is 182 Å². The summed E-state index contributed by atoms with van der Waals surface area (Å²) < 4.78 is 9.78. The Morgan fingerprint density at radius 1 is 0.767 bits per heavy atom. The van der Waals surface area contributed by atoms with Crippen LogP contribution >= 0.6 is 0 Å². The van der Waals surface area contributed by atoms with Gasteiger partial charge in [0.05, 0.1) is 0 Å². The predicted molar refractivity (Wildman–Crippen MR) is 118 cm³/mol. The standard InChI is InChI=1S/C24H42O6/c1-6-7-8-9-10-11-12-13-14-15-16-17-18-21(29-22(25)19(2)3)24(27,28)30-23(26)20(4)5/h21,27-28H,2,4,6-18H2,1,3,5H3. The van der Waals surface area contributed by atoms with E-state index in [-0.39, 0.29) is 17.6 Å². The summed E-state index contributed by atoms with van der Waals surface area (Å²) in [6, 6.07) is 0. The van der Waals surface area contributed by atoms with Crippen molar-refractivity contribution >= 4 is 11.9 Å². The molecule has 0 saturated carbocycles. The maximum Gasteiger partial charge on any atom is 0.363 e. The van der Waals surface area contributed by atoms with Gasteiger partial charge in [0.15, 0.2) is 6.10 Å². The molecule has 0 aliphatic carbocycles. The molecule has 0 aliphatic rings. The smallest absolute Gasteiger partial charge is 0.363 e. The Morgan fingerprint density at radius 2 is 1.17 bits per heavy atom. The number of carbonyl (C=O) groups is 2. The average molecular weight is 427 g/mol. The van der Waals surface area contributed by atoms with E-state index in [4.69, 9.17) is 4.74 Å². The fourth-order valence-corrected chi connectivity index (χ4v) is 3.01. The van der Waals surface area contributed by atoms with Crippen molar-refractivity contribution < 1.29 is 29.3 Å². The van der Waals surface area contributed by atoms with Crippen LogP contribution in [0, 0.1) is 0 Å². The fourth-order valence-electron chi connectivity index (χ4n) is 3.01. The molecule has 0 aromatic heterocycles. The lowest BCUT2D eigenvalue weighted by Gasteiger charge is -2.30. The van der Waals surface area contributed by atoms with Gasteiger partial charge in [-0.3, -0.25) is 0 Å². The van der Waals surface area contributed by atoms with Crippen LogP contribution in [0.5, 0.6) is 0 Å². The summed E-state index contributed by atoms with van der Waals surface area (Å²) in [5.41, 5.74) is 0.134. The van der Waals surface area contributed by atoms with Crippen molar-refractivity contribution in [1.29, 1.82) is 0 Å². The topological polar surface area (TPSA) is 93.1 Å². The summed E-state index contributed by atoms with van der Waals surface area (Å²) >= 11 is 0. The molecule has 2 N–H and O–H groups in total. The normalized spacial score (nSPS) is 12.3.